The molecule has 1 atom stereocenters. The van der Waals surface area contributed by atoms with Gasteiger partial charge in [-0.2, -0.15) is 0 Å². The number of methoxy groups -OCH3 is 2. The Morgan fingerprint density at radius 1 is 1.30 bits per heavy atom. The zero-order chi connectivity index (χ0) is 23.0. The van der Waals surface area contributed by atoms with Crippen molar-refractivity contribution in [3.8, 4) is 16.9 Å². The summed E-state index contributed by atoms with van der Waals surface area (Å²) >= 11 is 1.58. The van der Waals surface area contributed by atoms with Crippen molar-refractivity contribution in [2.24, 2.45) is 0 Å². The molecular weight excluding hydrogens is 438 g/mol. The molecule has 1 aromatic carbocycles. The lowest BCUT2D eigenvalue weighted by atomic mass is 9.90. The molecule has 0 spiro atoms. The summed E-state index contributed by atoms with van der Waals surface area (Å²) < 4.78 is 12.4. The summed E-state index contributed by atoms with van der Waals surface area (Å²) in [6, 6.07) is 7.95. The van der Waals surface area contributed by atoms with Crippen LogP contribution in [0, 0.1) is 0 Å². The molecule has 9 heteroatoms. The van der Waals surface area contributed by atoms with Crippen molar-refractivity contribution in [2.45, 2.75) is 30.5 Å². The molecule has 8 nitrogen and oxygen atoms in total. The third-order valence-corrected chi connectivity index (χ3v) is 6.56. The van der Waals surface area contributed by atoms with Gasteiger partial charge < -0.3 is 18.9 Å². The Labute approximate surface area is 198 Å². The maximum Gasteiger partial charge on any atom is 0.242 e. The first-order valence-corrected chi connectivity index (χ1v) is 12.0. The molecule has 33 heavy (non-hydrogen) atoms. The van der Waals surface area contributed by atoms with Crippen molar-refractivity contribution in [3.05, 3.63) is 54.9 Å². The summed E-state index contributed by atoms with van der Waals surface area (Å²) in [4.78, 5) is 28.5. The summed E-state index contributed by atoms with van der Waals surface area (Å²) in [5, 5.41) is 0.732. The van der Waals surface area contributed by atoms with E-state index in [4.69, 9.17) is 14.5 Å². The first-order valence-electron chi connectivity index (χ1n) is 11.0. The summed E-state index contributed by atoms with van der Waals surface area (Å²) in [7, 11) is 3.35. The number of nitrogens with zero attached hydrogens (tertiary/aromatic N) is 5. The number of rotatable bonds is 9. The number of carbonyl (C=O) groups is 1. The molecule has 174 valence electrons. The van der Waals surface area contributed by atoms with Crippen molar-refractivity contribution >= 4 is 17.7 Å². The molecule has 0 saturated carbocycles. The van der Waals surface area contributed by atoms with Crippen molar-refractivity contribution in [1.82, 2.24) is 24.4 Å². The molecular formula is C24H29N5O3S. The number of hydrogen-bond donors (Lipinski definition) is 0. The summed E-state index contributed by atoms with van der Waals surface area (Å²) in [5.74, 6) is 1.81. The van der Waals surface area contributed by atoms with E-state index in [-0.39, 0.29) is 11.8 Å². The van der Waals surface area contributed by atoms with Gasteiger partial charge in [-0.05, 0) is 30.5 Å². The third-order valence-electron chi connectivity index (χ3n) is 5.73. The predicted molar refractivity (Wildman–Crippen MR) is 127 cm³/mol. The van der Waals surface area contributed by atoms with Gasteiger partial charge in [-0.15, -0.1) is 0 Å². The number of hydrogen-bond acceptors (Lipinski definition) is 7. The quantitative estimate of drug-likeness (QED) is 0.271. The van der Waals surface area contributed by atoms with Crippen molar-refractivity contribution in [2.75, 3.05) is 39.7 Å². The zero-order valence-corrected chi connectivity index (χ0v) is 19.8. The van der Waals surface area contributed by atoms with E-state index in [0.717, 1.165) is 52.9 Å². The van der Waals surface area contributed by atoms with Crippen LogP contribution in [0.4, 0.5) is 0 Å². The van der Waals surface area contributed by atoms with E-state index in [9.17, 15) is 4.79 Å². The highest BCUT2D eigenvalue weighted by Gasteiger charge is 2.28. The Balaban J connectivity index is 1.61. The van der Waals surface area contributed by atoms with Crippen molar-refractivity contribution < 1.29 is 14.3 Å². The van der Waals surface area contributed by atoms with E-state index in [0.29, 0.717) is 19.7 Å². The average molecular weight is 468 g/mol. The molecule has 3 aromatic rings. The number of piperidine rings is 1. The van der Waals surface area contributed by atoms with E-state index in [2.05, 4.69) is 9.97 Å². The number of aromatic nitrogens is 4. The highest BCUT2D eigenvalue weighted by molar-refractivity contribution is 7.99. The number of ether oxygens (including phenoxy) is 2. The molecule has 0 bridgehead atoms. The van der Waals surface area contributed by atoms with Crippen LogP contribution in [-0.2, 0) is 16.1 Å². The van der Waals surface area contributed by atoms with E-state index in [1.165, 1.54) is 0 Å². The van der Waals surface area contributed by atoms with Crippen LogP contribution in [0.1, 0.15) is 24.5 Å². The summed E-state index contributed by atoms with van der Waals surface area (Å²) in [6.07, 6.45) is 9.00. The van der Waals surface area contributed by atoms with Gasteiger partial charge in [-0.3, -0.25) is 4.79 Å². The fourth-order valence-electron chi connectivity index (χ4n) is 4.05. The van der Waals surface area contributed by atoms with Crippen LogP contribution in [0.15, 0.2) is 54.3 Å². The molecule has 1 saturated heterocycles. The molecule has 0 radical (unpaired) electrons. The van der Waals surface area contributed by atoms with Crippen LogP contribution < -0.4 is 4.74 Å². The van der Waals surface area contributed by atoms with Gasteiger partial charge >= 0.3 is 0 Å². The first-order chi connectivity index (χ1) is 16.2. The SMILES string of the molecule is COCCSc1ncc(-c2cccc(OC)c2)c([C@@H]2CCCN(C(=O)Cn3ccnc3)C2)n1. The molecule has 2 aromatic heterocycles. The molecule has 3 heterocycles. The highest BCUT2D eigenvalue weighted by atomic mass is 32.2. The maximum absolute atomic E-state index is 12.9. The van der Waals surface area contributed by atoms with E-state index in [1.807, 2.05) is 46.1 Å². The Hall–Kier alpha value is -2.91. The largest absolute Gasteiger partial charge is 0.497 e. The van der Waals surface area contributed by atoms with E-state index in [1.54, 1.807) is 38.5 Å². The van der Waals surface area contributed by atoms with Crippen molar-refractivity contribution in [3.63, 3.8) is 0 Å². The molecule has 0 unspecified atom stereocenters. The van der Waals surface area contributed by atoms with Gasteiger partial charge in [0.15, 0.2) is 5.16 Å². The molecule has 0 aliphatic carbocycles. The second-order valence-electron chi connectivity index (χ2n) is 7.94. The first kappa shape index (κ1) is 23.3. The highest BCUT2D eigenvalue weighted by Crippen LogP contribution is 2.35. The molecule has 1 aliphatic rings. The zero-order valence-electron chi connectivity index (χ0n) is 19.0. The van der Waals surface area contributed by atoms with E-state index >= 15 is 0 Å². The van der Waals surface area contributed by atoms with Gasteiger partial charge in [0.1, 0.15) is 12.3 Å². The number of imidazole rings is 1. The molecule has 1 fully saturated rings. The van der Waals surface area contributed by atoms with Gasteiger partial charge in [0, 0.05) is 56.0 Å². The monoisotopic (exact) mass is 467 g/mol. The normalized spacial score (nSPS) is 16.1. The van der Waals surface area contributed by atoms with Gasteiger partial charge in [0.05, 0.1) is 25.7 Å². The van der Waals surface area contributed by atoms with Crippen molar-refractivity contribution in [1.29, 1.82) is 0 Å². The van der Waals surface area contributed by atoms with Crippen LogP contribution >= 0.6 is 11.8 Å². The Bertz CT molecular complexity index is 1060. The van der Waals surface area contributed by atoms with Crippen LogP contribution in [0.5, 0.6) is 5.75 Å². The Morgan fingerprint density at radius 3 is 3.00 bits per heavy atom. The van der Waals surface area contributed by atoms with Gasteiger partial charge in [0.25, 0.3) is 0 Å². The van der Waals surface area contributed by atoms with Gasteiger partial charge in [0.2, 0.25) is 5.91 Å². The smallest absolute Gasteiger partial charge is 0.242 e. The minimum absolute atomic E-state index is 0.101. The fraction of sp³-hybridized carbons (Fsp3) is 0.417. The molecule has 4 rings (SSSR count). The van der Waals surface area contributed by atoms with E-state index < -0.39 is 0 Å². The van der Waals surface area contributed by atoms with Gasteiger partial charge in [-0.25, -0.2) is 15.0 Å². The third kappa shape index (κ3) is 5.91. The number of thioether (sulfide) groups is 1. The Kier molecular flexibility index (Phi) is 7.96. The predicted octanol–water partition coefficient (Wildman–Crippen LogP) is 3.49. The van der Waals surface area contributed by atoms with Crippen LogP contribution in [0.3, 0.4) is 0 Å². The number of amides is 1. The average Bonchev–Trinajstić information content (AvgIpc) is 3.37. The number of carbonyl (C=O) groups excluding carboxylic acids is 1. The topological polar surface area (TPSA) is 82.4 Å². The minimum Gasteiger partial charge on any atom is -0.497 e. The molecule has 0 N–H and O–H groups in total. The lowest BCUT2D eigenvalue weighted by Crippen LogP contribution is -2.41. The van der Waals surface area contributed by atoms with Gasteiger partial charge in [-0.1, -0.05) is 23.9 Å². The summed E-state index contributed by atoms with van der Waals surface area (Å²) in [6.45, 7) is 2.35. The second kappa shape index (κ2) is 11.3. The summed E-state index contributed by atoms with van der Waals surface area (Å²) in [5.41, 5.74) is 2.98. The maximum atomic E-state index is 12.9. The number of likely N-dealkylation sites (tertiary alicyclic amines) is 1. The lowest BCUT2D eigenvalue weighted by molar-refractivity contribution is -0.133. The van der Waals surface area contributed by atoms with Crippen LogP contribution in [0.25, 0.3) is 11.1 Å². The Morgan fingerprint density at radius 2 is 2.21 bits per heavy atom. The van der Waals surface area contributed by atoms with Crippen LogP contribution in [0.2, 0.25) is 0 Å². The lowest BCUT2D eigenvalue weighted by Gasteiger charge is -2.33. The van der Waals surface area contributed by atoms with Crippen LogP contribution in [-0.4, -0.2) is 70.0 Å². The standard InChI is InChI=1S/C24H29N5O3S/c1-31-11-12-33-24-26-14-21(18-5-3-7-20(13-18)32-2)23(27-24)19-6-4-9-29(15-19)22(30)16-28-10-8-25-17-28/h3,5,7-8,10,13-14,17,19H,4,6,9,11-12,15-16H2,1-2H3/t19-/m1/s1. The second-order valence-corrected chi connectivity index (χ2v) is 9.00. The molecule has 1 amide bonds. The fourth-order valence-corrected chi connectivity index (χ4v) is 4.77. The minimum atomic E-state index is 0.101. The number of benzene rings is 1. The molecule has 1 aliphatic heterocycles.